The monoisotopic (exact) mass is 281 g/mol. The minimum absolute atomic E-state index is 0.0835. The molecule has 0 saturated carbocycles. The summed E-state index contributed by atoms with van der Waals surface area (Å²) < 4.78 is 5.74. The summed E-state index contributed by atoms with van der Waals surface area (Å²) in [6.07, 6.45) is 5.56. The molecule has 3 rings (SSSR count). The third kappa shape index (κ3) is 2.60. The second-order valence-electron chi connectivity index (χ2n) is 5.39. The lowest BCUT2D eigenvalue weighted by atomic mass is 9.96. The topological polar surface area (TPSA) is 41.5 Å². The van der Waals surface area contributed by atoms with E-state index in [1.54, 1.807) is 0 Å². The smallest absolute Gasteiger partial charge is 0.140 e. The zero-order valence-corrected chi connectivity index (χ0v) is 11.8. The van der Waals surface area contributed by atoms with Gasteiger partial charge in [0.25, 0.3) is 0 Å². The molecule has 1 aliphatic heterocycles. The molecular weight excluding hydrogens is 262 g/mol. The van der Waals surface area contributed by atoms with Crippen molar-refractivity contribution >= 4 is 11.6 Å². The lowest BCUT2D eigenvalue weighted by molar-refractivity contribution is 0.0262. The van der Waals surface area contributed by atoms with Crippen LogP contribution in [0.5, 0.6) is 5.75 Å². The van der Waals surface area contributed by atoms with E-state index in [9.17, 15) is 5.11 Å². The highest BCUT2D eigenvalue weighted by atomic mass is 35.5. The number of benzene rings is 1. The van der Waals surface area contributed by atoms with Crippen LogP contribution in [0.3, 0.4) is 0 Å². The molecule has 1 saturated heterocycles. The fraction of sp³-hybridized carbons (Fsp3) is 0.600. The van der Waals surface area contributed by atoms with Crippen molar-refractivity contribution in [3.8, 4) is 5.75 Å². The quantitative estimate of drug-likeness (QED) is 0.778. The second-order valence-corrected chi connectivity index (χ2v) is 5.77. The van der Waals surface area contributed by atoms with Gasteiger partial charge in [-0.15, -0.1) is 0 Å². The molecule has 1 heterocycles. The van der Waals surface area contributed by atoms with E-state index in [1.165, 1.54) is 18.4 Å². The molecule has 104 valence electrons. The standard InChI is InChI=1S/C15H20ClNO2/c16-14-11-5-3-1-2-4-10(11)8-12(15(14)18)13-9-17-6-7-19-13/h8,13,17-18H,1-7,9H2. The van der Waals surface area contributed by atoms with Crippen molar-refractivity contribution in [1.82, 2.24) is 5.32 Å². The summed E-state index contributed by atoms with van der Waals surface area (Å²) in [5.41, 5.74) is 3.28. The highest BCUT2D eigenvalue weighted by Gasteiger charge is 2.24. The normalized spacial score (nSPS) is 23.7. The van der Waals surface area contributed by atoms with Crippen molar-refractivity contribution in [1.29, 1.82) is 0 Å². The van der Waals surface area contributed by atoms with Crippen LogP contribution in [0.2, 0.25) is 5.02 Å². The SMILES string of the molecule is Oc1c(C2CNCCO2)cc2c(c1Cl)CCCCC2. The Kier molecular flexibility index (Phi) is 3.96. The van der Waals surface area contributed by atoms with Crippen molar-refractivity contribution in [2.75, 3.05) is 19.7 Å². The van der Waals surface area contributed by atoms with Gasteiger partial charge in [-0.2, -0.15) is 0 Å². The average molecular weight is 282 g/mol. The number of phenolic OH excluding ortho intramolecular Hbond substituents is 1. The maximum absolute atomic E-state index is 10.4. The fourth-order valence-electron chi connectivity index (χ4n) is 3.05. The molecule has 0 spiro atoms. The van der Waals surface area contributed by atoms with Crippen molar-refractivity contribution < 1.29 is 9.84 Å². The van der Waals surface area contributed by atoms with Crippen LogP contribution in [0.4, 0.5) is 0 Å². The lowest BCUT2D eigenvalue weighted by Crippen LogP contribution is -2.33. The summed E-state index contributed by atoms with van der Waals surface area (Å²) in [6, 6.07) is 2.11. The van der Waals surface area contributed by atoms with Gasteiger partial charge in [0, 0.05) is 18.7 Å². The van der Waals surface area contributed by atoms with Crippen LogP contribution in [0.25, 0.3) is 0 Å². The number of nitrogens with one attached hydrogen (secondary N) is 1. The molecule has 2 N–H and O–H groups in total. The molecule has 0 bridgehead atoms. The van der Waals surface area contributed by atoms with Gasteiger partial charge in [0.1, 0.15) is 5.75 Å². The fourth-order valence-corrected chi connectivity index (χ4v) is 3.38. The highest BCUT2D eigenvalue weighted by Crippen LogP contribution is 2.40. The number of phenols is 1. The van der Waals surface area contributed by atoms with Crippen LogP contribution >= 0.6 is 11.6 Å². The van der Waals surface area contributed by atoms with E-state index in [2.05, 4.69) is 11.4 Å². The summed E-state index contributed by atoms with van der Waals surface area (Å²) in [5, 5.41) is 14.2. The Balaban J connectivity index is 2.00. The van der Waals surface area contributed by atoms with Crippen LogP contribution < -0.4 is 5.32 Å². The first kappa shape index (κ1) is 13.2. The van der Waals surface area contributed by atoms with E-state index < -0.39 is 0 Å². The van der Waals surface area contributed by atoms with Crippen molar-refractivity contribution in [3.05, 3.63) is 27.8 Å². The predicted molar refractivity (Wildman–Crippen MR) is 75.9 cm³/mol. The van der Waals surface area contributed by atoms with E-state index >= 15 is 0 Å². The molecule has 4 heteroatoms. The number of morpholine rings is 1. The highest BCUT2D eigenvalue weighted by molar-refractivity contribution is 6.33. The first-order valence-corrected chi connectivity index (χ1v) is 7.50. The van der Waals surface area contributed by atoms with Gasteiger partial charge in [0.05, 0.1) is 17.7 Å². The van der Waals surface area contributed by atoms with Crippen LogP contribution in [0.1, 0.15) is 42.1 Å². The number of hydrogen-bond donors (Lipinski definition) is 2. The number of hydrogen-bond acceptors (Lipinski definition) is 3. The van der Waals surface area contributed by atoms with Crippen LogP contribution in [0.15, 0.2) is 6.07 Å². The number of ether oxygens (including phenoxy) is 1. The average Bonchev–Trinajstić information content (AvgIpc) is 2.69. The second kappa shape index (κ2) is 5.70. The molecule has 0 radical (unpaired) electrons. The molecule has 3 nitrogen and oxygen atoms in total. The summed E-state index contributed by atoms with van der Waals surface area (Å²) in [4.78, 5) is 0. The maximum atomic E-state index is 10.4. The first-order valence-electron chi connectivity index (χ1n) is 7.13. The molecule has 1 aliphatic carbocycles. The maximum Gasteiger partial charge on any atom is 0.140 e. The Hall–Kier alpha value is -0.770. The summed E-state index contributed by atoms with van der Waals surface area (Å²) in [7, 11) is 0. The molecule has 19 heavy (non-hydrogen) atoms. The number of halogens is 1. The predicted octanol–water partition coefficient (Wildman–Crippen LogP) is 2.98. The molecule has 2 aliphatic rings. The van der Waals surface area contributed by atoms with Gasteiger partial charge in [-0.05, 0) is 42.9 Å². The Morgan fingerprint density at radius 2 is 2.11 bits per heavy atom. The number of aryl methyl sites for hydroxylation is 1. The van der Waals surface area contributed by atoms with Gasteiger partial charge in [0.2, 0.25) is 0 Å². The number of fused-ring (bicyclic) bond motifs is 1. The van der Waals surface area contributed by atoms with Gasteiger partial charge in [-0.25, -0.2) is 0 Å². The summed E-state index contributed by atoms with van der Waals surface area (Å²) in [5.74, 6) is 0.219. The van der Waals surface area contributed by atoms with E-state index in [4.69, 9.17) is 16.3 Å². The summed E-state index contributed by atoms with van der Waals surface area (Å²) in [6.45, 7) is 2.29. The van der Waals surface area contributed by atoms with Crippen molar-refractivity contribution in [2.24, 2.45) is 0 Å². The molecule has 1 atom stereocenters. The minimum Gasteiger partial charge on any atom is -0.506 e. The number of aromatic hydroxyl groups is 1. The van der Waals surface area contributed by atoms with Gasteiger partial charge >= 0.3 is 0 Å². The lowest BCUT2D eigenvalue weighted by Gasteiger charge is -2.26. The zero-order chi connectivity index (χ0) is 13.2. The van der Waals surface area contributed by atoms with Crippen LogP contribution in [-0.4, -0.2) is 24.8 Å². The Bertz CT molecular complexity index is 470. The van der Waals surface area contributed by atoms with Crippen LogP contribution in [0, 0.1) is 0 Å². The zero-order valence-electron chi connectivity index (χ0n) is 11.0. The molecule has 1 aromatic rings. The number of rotatable bonds is 1. The first-order chi connectivity index (χ1) is 9.27. The van der Waals surface area contributed by atoms with E-state index in [0.717, 1.165) is 43.5 Å². The van der Waals surface area contributed by atoms with Crippen molar-refractivity contribution in [2.45, 2.75) is 38.2 Å². The molecule has 1 aromatic carbocycles. The Morgan fingerprint density at radius 3 is 2.89 bits per heavy atom. The van der Waals surface area contributed by atoms with E-state index in [0.29, 0.717) is 11.6 Å². The minimum atomic E-state index is -0.0835. The van der Waals surface area contributed by atoms with Gasteiger partial charge in [-0.1, -0.05) is 18.0 Å². The van der Waals surface area contributed by atoms with Gasteiger partial charge < -0.3 is 15.2 Å². The third-order valence-corrected chi connectivity index (χ3v) is 4.52. The van der Waals surface area contributed by atoms with Gasteiger partial charge in [0.15, 0.2) is 0 Å². The molecular formula is C15H20ClNO2. The van der Waals surface area contributed by atoms with E-state index in [-0.39, 0.29) is 11.9 Å². The largest absolute Gasteiger partial charge is 0.506 e. The molecule has 1 fully saturated rings. The van der Waals surface area contributed by atoms with E-state index in [1.807, 2.05) is 0 Å². The molecule has 0 aromatic heterocycles. The molecule has 1 unspecified atom stereocenters. The van der Waals surface area contributed by atoms with Crippen molar-refractivity contribution in [3.63, 3.8) is 0 Å². The Morgan fingerprint density at radius 1 is 1.26 bits per heavy atom. The molecule has 0 amide bonds. The van der Waals surface area contributed by atoms with Gasteiger partial charge in [-0.3, -0.25) is 0 Å². The summed E-state index contributed by atoms with van der Waals surface area (Å²) >= 11 is 6.38. The third-order valence-electron chi connectivity index (χ3n) is 4.11. The Labute approximate surface area is 118 Å². The van der Waals surface area contributed by atoms with Crippen LogP contribution in [-0.2, 0) is 17.6 Å².